The number of hydrogen-bond acceptors (Lipinski definition) is 2. The van der Waals surface area contributed by atoms with E-state index in [2.05, 4.69) is 41.2 Å². The van der Waals surface area contributed by atoms with Gasteiger partial charge in [0, 0.05) is 16.6 Å². The molecular weight excluding hydrogens is 302 g/mol. The molecule has 2 N–H and O–H groups in total. The third kappa shape index (κ3) is 3.58. The van der Waals surface area contributed by atoms with Crippen molar-refractivity contribution in [1.82, 2.24) is 5.32 Å². The number of nitrogens with one attached hydrogen (secondary N) is 1. The van der Waals surface area contributed by atoms with Gasteiger partial charge in [0.25, 0.3) is 0 Å². The van der Waals surface area contributed by atoms with Crippen molar-refractivity contribution < 1.29 is 5.11 Å². The zero-order valence-corrected chi connectivity index (χ0v) is 12.7. The fourth-order valence-corrected chi connectivity index (χ4v) is 2.81. The summed E-state index contributed by atoms with van der Waals surface area (Å²) in [5.74, 6) is 0.305. The maximum absolute atomic E-state index is 9.52. The van der Waals surface area contributed by atoms with Crippen molar-refractivity contribution in [1.29, 1.82) is 0 Å². The lowest BCUT2D eigenvalue weighted by atomic mass is 10.0. The van der Waals surface area contributed by atoms with Crippen LogP contribution >= 0.6 is 15.9 Å². The number of halogens is 1. The molecule has 2 rings (SSSR count). The van der Waals surface area contributed by atoms with Crippen LogP contribution in [0.4, 0.5) is 0 Å². The Bertz CT molecular complexity index is 556. The first-order valence-corrected chi connectivity index (χ1v) is 7.16. The third-order valence-corrected chi connectivity index (χ3v) is 3.96. The van der Waals surface area contributed by atoms with Crippen molar-refractivity contribution in [3.63, 3.8) is 0 Å². The third-order valence-electron chi connectivity index (χ3n) is 3.24. The first kappa shape index (κ1) is 14.1. The fraction of sp³-hybridized carbons (Fsp3) is 0.250. The van der Waals surface area contributed by atoms with Crippen LogP contribution in [0.2, 0.25) is 0 Å². The minimum atomic E-state index is 0.175. The van der Waals surface area contributed by atoms with E-state index in [-0.39, 0.29) is 12.1 Å². The minimum Gasteiger partial charge on any atom is -0.508 e. The van der Waals surface area contributed by atoms with Gasteiger partial charge in [-0.25, -0.2) is 0 Å². The molecule has 0 radical (unpaired) electrons. The van der Waals surface area contributed by atoms with E-state index in [1.54, 1.807) is 12.1 Å². The van der Waals surface area contributed by atoms with Crippen molar-refractivity contribution in [2.75, 3.05) is 0 Å². The molecule has 19 heavy (non-hydrogen) atoms. The Morgan fingerprint density at radius 3 is 2.42 bits per heavy atom. The SMILES string of the molecule is CC(N[C@H](C)c1ccccc1Br)c1cccc(O)c1. The van der Waals surface area contributed by atoms with Crippen molar-refractivity contribution in [2.24, 2.45) is 0 Å². The molecule has 3 heteroatoms. The summed E-state index contributed by atoms with van der Waals surface area (Å²) < 4.78 is 1.11. The summed E-state index contributed by atoms with van der Waals surface area (Å²) in [6.45, 7) is 4.24. The van der Waals surface area contributed by atoms with E-state index in [0.717, 1.165) is 10.0 Å². The second-order valence-electron chi connectivity index (χ2n) is 4.73. The molecule has 100 valence electrons. The Morgan fingerprint density at radius 2 is 1.74 bits per heavy atom. The van der Waals surface area contributed by atoms with E-state index in [1.807, 2.05) is 30.3 Å². The number of phenols is 1. The predicted octanol–water partition coefficient (Wildman–Crippen LogP) is 4.57. The molecule has 0 fully saturated rings. The number of aromatic hydroxyl groups is 1. The second kappa shape index (κ2) is 6.22. The molecule has 2 aromatic carbocycles. The van der Waals surface area contributed by atoms with Gasteiger partial charge in [0.2, 0.25) is 0 Å². The van der Waals surface area contributed by atoms with Gasteiger partial charge in [-0.2, -0.15) is 0 Å². The monoisotopic (exact) mass is 319 g/mol. The van der Waals surface area contributed by atoms with Gasteiger partial charge < -0.3 is 10.4 Å². The van der Waals surface area contributed by atoms with E-state index in [1.165, 1.54) is 5.56 Å². The van der Waals surface area contributed by atoms with Crippen LogP contribution in [0.1, 0.15) is 37.1 Å². The Morgan fingerprint density at radius 1 is 1.00 bits per heavy atom. The first-order chi connectivity index (χ1) is 9.08. The van der Waals surface area contributed by atoms with Gasteiger partial charge >= 0.3 is 0 Å². The highest BCUT2D eigenvalue weighted by Gasteiger charge is 2.13. The molecule has 0 aliphatic heterocycles. The van der Waals surface area contributed by atoms with Gasteiger partial charge in [0.05, 0.1) is 0 Å². The zero-order valence-electron chi connectivity index (χ0n) is 11.1. The van der Waals surface area contributed by atoms with E-state index >= 15 is 0 Å². The van der Waals surface area contributed by atoms with Crippen LogP contribution < -0.4 is 5.32 Å². The average molecular weight is 320 g/mol. The predicted molar refractivity (Wildman–Crippen MR) is 82.2 cm³/mol. The molecule has 0 aliphatic rings. The number of benzene rings is 2. The summed E-state index contributed by atoms with van der Waals surface area (Å²) in [4.78, 5) is 0. The van der Waals surface area contributed by atoms with Crippen LogP contribution in [-0.4, -0.2) is 5.11 Å². The topological polar surface area (TPSA) is 32.3 Å². The molecule has 0 saturated carbocycles. The molecule has 0 aromatic heterocycles. The van der Waals surface area contributed by atoms with Crippen LogP contribution in [0.3, 0.4) is 0 Å². The Hall–Kier alpha value is -1.32. The summed E-state index contributed by atoms with van der Waals surface area (Å²) in [7, 11) is 0. The Labute approximate surface area is 122 Å². The number of phenolic OH excluding ortho intramolecular Hbond substituents is 1. The van der Waals surface area contributed by atoms with Crippen LogP contribution in [-0.2, 0) is 0 Å². The number of hydrogen-bond donors (Lipinski definition) is 2. The average Bonchev–Trinajstić information content (AvgIpc) is 2.39. The highest BCUT2D eigenvalue weighted by Crippen LogP contribution is 2.26. The van der Waals surface area contributed by atoms with Gasteiger partial charge in [-0.1, -0.05) is 46.3 Å². The normalized spacial score (nSPS) is 14.1. The fourth-order valence-electron chi connectivity index (χ4n) is 2.18. The first-order valence-electron chi connectivity index (χ1n) is 6.37. The lowest BCUT2D eigenvalue weighted by Gasteiger charge is -2.21. The lowest BCUT2D eigenvalue weighted by Crippen LogP contribution is -2.22. The van der Waals surface area contributed by atoms with Gasteiger partial charge in [-0.3, -0.25) is 0 Å². The summed E-state index contributed by atoms with van der Waals surface area (Å²) >= 11 is 3.57. The molecule has 2 nitrogen and oxygen atoms in total. The largest absolute Gasteiger partial charge is 0.508 e. The summed E-state index contributed by atoms with van der Waals surface area (Å²) in [6.07, 6.45) is 0. The Kier molecular flexibility index (Phi) is 4.61. The van der Waals surface area contributed by atoms with Crippen LogP contribution in [0.25, 0.3) is 0 Å². The molecule has 1 unspecified atom stereocenters. The molecule has 0 aliphatic carbocycles. The molecular formula is C16H18BrNO. The standard InChI is InChI=1S/C16H18BrNO/c1-11(13-6-5-7-14(19)10-13)18-12(2)15-8-3-4-9-16(15)17/h3-12,18-19H,1-2H3/t11?,12-/m1/s1. The van der Waals surface area contributed by atoms with Gasteiger partial charge in [-0.15, -0.1) is 0 Å². The number of rotatable bonds is 4. The van der Waals surface area contributed by atoms with Gasteiger partial charge in [-0.05, 0) is 43.2 Å². The van der Waals surface area contributed by atoms with Crippen LogP contribution in [0, 0.1) is 0 Å². The minimum absolute atomic E-state index is 0.175. The Balaban J connectivity index is 2.11. The highest BCUT2D eigenvalue weighted by molar-refractivity contribution is 9.10. The smallest absolute Gasteiger partial charge is 0.115 e. The van der Waals surface area contributed by atoms with Gasteiger partial charge in [0.1, 0.15) is 5.75 Å². The zero-order chi connectivity index (χ0) is 13.8. The van der Waals surface area contributed by atoms with Crippen molar-refractivity contribution in [3.8, 4) is 5.75 Å². The quantitative estimate of drug-likeness (QED) is 0.865. The van der Waals surface area contributed by atoms with Crippen molar-refractivity contribution in [3.05, 3.63) is 64.1 Å². The van der Waals surface area contributed by atoms with Crippen LogP contribution in [0.5, 0.6) is 5.75 Å². The van der Waals surface area contributed by atoms with E-state index in [0.29, 0.717) is 5.75 Å². The second-order valence-corrected chi connectivity index (χ2v) is 5.58. The molecule has 0 amide bonds. The van der Waals surface area contributed by atoms with E-state index in [4.69, 9.17) is 0 Å². The maximum Gasteiger partial charge on any atom is 0.115 e. The molecule has 2 atom stereocenters. The molecule has 0 spiro atoms. The lowest BCUT2D eigenvalue weighted by molar-refractivity contribution is 0.466. The van der Waals surface area contributed by atoms with Crippen molar-refractivity contribution in [2.45, 2.75) is 25.9 Å². The summed E-state index contributed by atoms with van der Waals surface area (Å²) in [6, 6.07) is 16.0. The maximum atomic E-state index is 9.52. The summed E-state index contributed by atoms with van der Waals surface area (Å²) in [5, 5.41) is 13.1. The van der Waals surface area contributed by atoms with Gasteiger partial charge in [0.15, 0.2) is 0 Å². The van der Waals surface area contributed by atoms with Crippen molar-refractivity contribution >= 4 is 15.9 Å². The van der Waals surface area contributed by atoms with E-state index in [9.17, 15) is 5.11 Å². The molecule has 0 heterocycles. The highest BCUT2D eigenvalue weighted by atomic mass is 79.9. The molecule has 0 bridgehead atoms. The summed E-state index contributed by atoms with van der Waals surface area (Å²) in [5.41, 5.74) is 2.31. The molecule has 0 saturated heterocycles. The molecule has 2 aromatic rings. The van der Waals surface area contributed by atoms with Crippen LogP contribution in [0.15, 0.2) is 53.0 Å². The van der Waals surface area contributed by atoms with E-state index < -0.39 is 0 Å².